The SMILES string of the molecule is [C-]#[N+]/C(C#N)=C1\CC(OCCO)CC(NCCCCCCCC2=C(C#N)C(=C(C#N)C#N)CC(OCCO)C2)=C1C#N. The molecule has 42 heavy (non-hydrogen) atoms. The molecule has 0 aromatic carbocycles. The molecule has 2 atom stereocenters. The van der Waals surface area contributed by atoms with Crippen LogP contribution in [0, 0.1) is 63.2 Å². The molecule has 11 nitrogen and oxygen atoms in total. The molecule has 0 spiro atoms. The van der Waals surface area contributed by atoms with Gasteiger partial charge in [0.15, 0.2) is 0 Å². The molecule has 0 aromatic rings. The van der Waals surface area contributed by atoms with E-state index in [1.165, 1.54) is 0 Å². The van der Waals surface area contributed by atoms with Gasteiger partial charge in [-0.15, -0.1) is 0 Å². The van der Waals surface area contributed by atoms with Gasteiger partial charge in [0.25, 0.3) is 5.70 Å². The van der Waals surface area contributed by atoms with Gasteiger partial charge < -0.3 is 25.0 Å². The number of hydrogen-bond acceptors (Lipinski definition) is 10. The van der Waals surface area contributed by atoms with Gasteiger partial charge in [0.1, 0.15) is 17.7 Å². The van der Waals surface area contributed by atoms with Crippen molar-refractivity contribution in [3.63, 3.8) is 0 Å². The zero-order chi connectivity index (χ0) is 30.7. The molecule has 218 valence electrons. The minimum Gasteiger partial charge on any atom is -0.394 e. The number of aliphatic hydroxyl groups is 2. The number of ether oxygens (including phenoxy) is 2. The summed E-state index contributed by atoms with van der Waals surface area (Å²) in [5.74, 6) is 0. The Labute approximate surface area is 247 Å². The molecule has 2 rings (SSSR count). The van der Waals surface area contributed by atoms with Gasteiger partial charge in [-0.3, -0.25) is 0 Å². The molecule has 2 unspecified atom stereocenters. The van der Waals surface area contributed by atoms with E-state index in [0.717, 1.165) is 37.7 Å². The van der Waals surface area contributed by atoms with E-state index in [9.17, 15) is 26.3 Å². The van der Waals surface area contributed by atoms with Gasteiger partial charge in [-0.25, -0.2) is 10.1 Å². The Bertz CT molecular complexity index is 1210. The quantitative estimate of drug-likeness (QED) is 0.148. The van der Waals surface area contributed by atoms with Gasteiger partial charge in [-0.2, -0.15) is 21.0 Å². The molecule has 0 amide bonds. The smallest absolute Gasteiger partial charge is 0.266 e. The first-order valence-electron chi connectivity index (χ1n) is 14.0. The third-order valence-corrected chi connectivity index (χ3v) is 7.16. The molecule has 2 aliphatic rings. The fraction of sp³-hybridized carbons (Fsp3) is 0.548. The second-order valence-corrected chi connectivity index (χ2v) is 9.88. The van der Waals surface area contributed by atoms with E-state index >= 15 is 0 Å². The lowest BCUT2D eigenvalue weighted by atomic mass is 9.82. The van der Waals surface area contributed by atoms with Crippen LogP contribution in [-0.4, -0.2) is 55.4 Å². The lowest BCUT2D eigenvalue weighted by Gasteiger charge is -2.28. The number of unbranched alkanes of at least 4 members (excludes halogenated alkanes) is 4. The zero-order valence-electron chi connectivity index (χ0n) is 23.7. The van der Waals surface area contributed by atoms with E-state index in [1.807, 2.05) is 18.2 Å². The number of aliphatic hydroxyl groups excluding tert-OH is 2. The predicted octanol–water partition coefficient (Wildman–Crippen LogP) is 3.90. The van der Waals surface area contributed by atoms with Crippen molar-refractivity contribution in [1.82, 2.24) is 5.32 Å². The van der Waals surface area contributed by atoms with Crippen molar-refractivity contribution in [2.75, 3.05) is 33.0 Å². The van der Waals surface area contributed by atoms with Crippen LogP contribution in [0.5, 0.6) is 0 Å². The van der Waals surface area contributed by atoms with Gasteiger partial charge in [0.05, 0.1) is 74.6 Å². The second kappa shape index (κ2) is 18.8. The van der Waals surface area contributed by atoms with Crippen molar-refractivity contribution in [2.24, 2.45) is 0 Å². The maximum atomic E-state index is 9.79. The van der Waals surface area contributed by atoms with Crippen LogP contribution in [0.25, 0.3) is 4.85 Å². The van der Waals surface area contributed by atoms with Crippen LogP contribution in [-0.2, 0) is 9.47 Å². The number of allylic oxidation sites excluding steroid dienone is 4. The molecular formula is C31H35N7O4. The molecule has 0 saturated heterocycles. The van der Waals surface area contributed by atoms with Crippen molar-refractivity contribution in [1.29, 1.82) is 26.3 Å². The van der Waals surface area contributed by atoms with Gasteiger partial charge in [0.2, 0.25) is 0 Å². The number of nitrogens with one attached hydrogen (secondary N) is 1. The summed E-state index contributed by atoms with van der Waals surface area (Å²) in [7, 11) is 0. The van der Waals surface area contributed by atoms with Crippen molar-refractivity contribution >= 4 is 0 Å². The molecule has 2 aliphatic carbocycles. The van der Waals surface area contributed by atoms with E-state index < -0.39 is 0 Å². The maximum absolute atomic E-state index is 9.79. The number of nitrogens with zero attached hydrogens (tertiary/aromatic N) is 6. The van der Waals surface area contributed by atoms with Gasteiger partial charge in [0, 0.05) is 30.7 Å². The van der Waals surface area contributed by atoms with Crippen LogP contribution in [0.3, 0.4) is 0 Å². The monoisotopic (exact) mass is 569 g/mol. The van der Waals surface area contributed by atoms with Crippen LogP contribution in [0.1, 0.15) is 64.2 Å². The molecule has 11 heteroatoms. The summed E-state index contributed by atoms with van der Waals surface area (Å²) in [6.07, 6.45) is 5.98. The summed E-state index contributed by atoms with van der Waals surface area (Å²) in [6.45, 7) is 7.90. The zero-order valence-corrected chi connectivity index (χ0v) is 23.7. The van der Waals surface area contributed by atoms with Crippen molar-refractivity contribution < 1.29 is 19.7 Å². The Kier molecular flexibility index (Phi) is 15.1. The summed E-state index contributed by atoms with van der Waals surface area (Å²) in [6, 6.07) is 9.98. The minimum absolute atomic E-state index is 0.0756. The first kappa shape index (κ1) is 33.7. The molecule has 0 fully saturated rings. The summed E-state index contributed by atoms with van der Waals surface area (Å²) in [5, 5.41) is 69.2. The minimum atomic E-state index is -0.342. The van der Waals surface area contributed by atoms with E-state index in [-0.39, 0.29) is 56.3 Å². The average molecular weight is 570 g/mol. The molecule has 0 heterocycles. The summed E-state index contributed by atoms with van der Waals surface area (Å²) < 4.78 is 11.4. The van der Waals surface area contributed by atoms with E-state index in [0.29, 0.717) is 60.2 Å². The topological polar surface area (TPSA) is 194 Å². The molecule has 0 radical (unpaired) electrons. The first-order valence-corrected chi connectivity index (χ1v) is 14.0. The van der Waals surface area contributed by atoms with E-state index in [4.69, 9.17) is 26.3 Å². The average Bonchev–Trinajstić information content (AvgIpc) is 3.01. The van der Waals surface area contributed by atoms with Crippen molar-refractivity contribution in [2.45, 2.75) is 76.4 Å². The normalized spacial score (nSPS) is 19.5. The van der Waals surface area contributed by atoms with E-state index in [1.54, 1.807) is 0 Å². The third-order valence-electron chi connectivity index (χ3n) is 7.16. The van der Waals surface area contributed by atoms with Gasteiger partial charge in [-0.1, -0.05) is 19.3 Å². The Balaban J connectivity index is 1.94. The van der Waals surface area contributed by atoms with Crippen LogP contribution in [0.15, 0.2) is 44.8 Å². The number of hydrogen-bond donors (Lipinski definition) is 3. The lowest BCUT2D eigenvalue weighted by molar-refractivity contribution is 0.0268. The van der Waals surface area contributed by atoms with Crippen LogP contribution >= 0.6 is 0 Å². The number of rotatable bonds is 15. The Morgan fingerprint density at radius 3 is 1.95 bits per heavy atom. The summed E-state index contributed by atoms with van der Waals surface area (Å²) in [5.41, 5.74) is 2.83. The van der Waals surface area contributed by atoms with Gasteiger partial charge >= 0.3 is 0 Å². The number of nitriles is 5. The van der Waals surface area contributed by atoms with Gasteiger partial charge in [-0.05, 0) is 43.3 Å². The molecular weight excluding hydrogens is 534 g/mol. The first-order chi connectivity index (χ1) is 20.5. The molecule has 0 aromatic heterocycles. The van der Waals surface area contributed by atoms with Crippen molar-refractivity contribution in [3.05, 3.63) is 56.2 Å². The predicted molar refractivity (Wildman–Crippen MR) is 151 cm³/mol. The highest BCUT2D eigenvalue weighted by atomic mass is 16.5. The Hall–Kier alpha value is -4.46. The second-order valence-electron chi connectivity index (χ2n) is 9.88. The fourth-order valence-corrected chi connectivity index (χ4v) is 5.24. The highest BCUT2D eigenvalue weighted by Gasteiger charge is 2.29. The Morgan fingerprint density at radius 1 is 0.786 bits per heavy atom. The Morgan fingerprint density at radius 2 is 1.38 bits per heavy atom. The molecule has 0 aliphatic heterocycles. The van der Waals surface area contributed by atoms with E-state index in [2.05, 4.69) is 22.3 Å². The largest absolute Gasteiger partial charge is 0.394 e. The lowest BCUT2D eigenvalue weighted by Crippen LogP contribution is -2.29. The third kappa shape index (κ3) is 9.58. The highest BCUT2D eigenvalue weighted by Crippen LogP contribution is 2.36. The molecule has 0 saturated carbocycles. The standard InChI is InChI=1S/C31H35N7O4/c1-37-31(21-36)27-15-25(42-12-10-40)16-30(29(27)20-35)38-8-6-4-2-3-5-7-22-13-24(41-11-9-39)14-26(28(22)19-34)23(17-32)18-33/h24-25,38-40H,2-16H2/b31-27+. The maximum Gasteiger partial charge on any atom is 0.266 e. The molecule has 0 bridgehead atoms. The van der Waals surface area contributed by atoms with Crippen LogP contribution < -0.4 is 5.32 Å². The molecule has 3 N–H and O–H groups in total. The van der Waals surface area contributed by atoms with Crippen LogP contribution in [0.4, 0.5) is 0 Å². The summed E-state index contributed by atoms with van der Waals surface area (Å²) >= 11 is 0. The highest BCUT2D eigenvalue weighted by molar-refractivity contribution is 5.57. The van der Waals surface area contributed by atoms with Crippen LogP contribution in [0.2, 0.25) is 0 Å². The fourth-order valence-electron chi connectivity index (χ4n) is 5.24. The van der Waals surface area contributed by atoms with Crippen molar-refractivity contribution in [3.8, 4) is 30.3 Å². The summed E-state index contributed by atoms with van der Waals surface area (Å²) in [4.78, 5) is 3.28.